The van der Waals surface area contributed by atoms with Crippen LogP contribution >= 0.6 is 0 Å². The third-order valence-electron chi connectivity index (χ3n) is 3.77. The Hall–Kier alpha value is -2.16. The maximum atomic E-state index is 14.3. The monoisotopic (exact) mass is 298 g/mol. The average Bonchev–Trinajstić information content (AvgIpc) is 2.51. The summed E-state index contributed by atoms with van der Waals surface area (Å²) < 4.78 is 14.3. The minimum absolute atomic E-state index is 0.197. The van der Waals surface area contributed by atoms with Crippen molar-refractivity contribution >= 4 is 12.0 Å². The molecule has 0 aliphatic carbocycles. The van der Waals surface area contributed by atoms with Crippen LogP contribution in [-0.4, -0.2) is 24.8 Å². The second kappa shape index (κ2) is 7.21. The van der Waals surface area contributed by atoms with Gasteiger partial charge in [0, 0.05) is 26.1 Å². The summed E-state index contributed by atoms with van der Waals surface area (Å²) in [5.41, 5.74) is 4.72. The van der Waals surface area contributed by atoms with Gasteiger partial charge in [0.25, 0.3) is 0 Å². The van der Waals surface area contributed by atoms with E-state index < -0.39 is 0 Å². The second-order valence-corrected chi connectivity index (χ2v) is 5.71. The topological polar surface area (TPSA) is 15.6 Å². The molecule has 3 heteroatoms. The Bertz CT molecular complexity index is 660. The zero-order valence-corrected chi connectivity index (χ0v) is 13.7. The Morgan fingerprint density at radius 2 is 1.82 bits per heavy atom. The average molecular weight is 298 g/mol. The molecule has 0 aromatic heterocycles. The van der Waals surface area contributed by atoms with Crippen LogP contribution < -0.4 is 0 Å². The summed E-state index contributed by atoms with van der Waals surface area (Å²) in [6, 6.07) is 11.6. The molecule has 2 nitrogen and oxygen atoms in total. The van der Waals surface area contributed by atoms with Crippen molar-refractivity contribution in [2.45, 2.75) is 27.2 Å². The first-order valence-electron chi connectivity index (χ1n) is 7.58. The molecule has 2 rings (SSSR count). The molecule has 0 saturated carbocycles. The number of aryl methyl sites for hydroxylation is 2. The number of rotatable bonds is 5. The molecule has 0 fully saturated rings. The van der Waals surface area contributed by atoms with E-state index >= 15 is 0 Å². The molecule has 0 unspecified atom stereocenters. The fraction of sp³-hybridized carbons (Fsp3) is 0.316. The standard InChI is InChI=1S/C19H23FN2/c1-5-22(4)13-21-19-12-18(20)17(10-15(19)3)11-16-8-6-14(2)7-9-16/h6-10,12-13H,5,11H2,1-4H3. The van der Waals surface area contributed by atoms with Gasteiger partial charge in [-0.15, -0.1) is 0 Å². The molecular weight excluding hydrogens is 275 g/mol. The fourth-order valence-corrected chi connectivity index (χ4v) is 2.17. The van der Waals surface area contributed by atoms with Crippen molar-refractivity contribution in [1.29, 1.82) is 0 Å². The largest absolute Gasteiger partial charge is 0.366 e. The maximum Gasteiger partial charge on any atom is 0.128 e. The summed E-state index contributed by atoms with van der Waals surface area (Å²) in [4.78, 5) is 6.31. The van der Waals surface area contributed by atoms with Crippen LogP contribution in [0.5, 0.6) is 0 Å². The van der Waals surface area contributed by atoms with Gasteiger partial charge in [-0.25, -0.2) is 9.38 Å². The molecule has 0 aliphatic rings. The third-order valence-corrected chi connectivity index (χ3v) is 3.77. The van der Waals surface area contributed by atoms with Gasteiger partial charge < -0.3 is 4.90 Å². The molecule has 0 radical (unpaired) electrons. The summed E-state index contributed by atoms with van der Waals surface area (Å²) >= 11 is 0. The second-order valence-electron chi connectivity index (χ2n) is 5.71. The molecule has 0 aliphatic heterocycles. The first-order chi connectivity index (χ1) is 10.5. The van der Waals surface area contributed by atoms with Gasteiger partial charge in [0.15, 0.2) is 0 Å². The van der Waals surface area contributed by atoms with Crippen molar-refractivity contribution < 1.29 is 4.39 Å². The van der Waals surface area contributed by atoms with Gasteiger partial charge in [0.2, 0.25) is 0 Å². The van der Waals surface area contributed by atoms with Gasteiger partial charge in [-0.3, -0.25) is 0 Å². The lowest BCUT2D eigenvalue weighted by atomic mass is 10.0. The summed E-state index contributed by atoms with van der Waals surface area (Å²) in [5.74, 6) is -0.197. The van der Waals surface area contributed by atoms with Crippen molar-refractivity contribution in [2.24, 2.45) is 4.99 Å². The van der Waals surface area contributed by atoms with Gasteiger partial charge in [-0.1, -0.05) is 35.9 Å². The lowest BCUT2D eigenvalue weighted by molar-refractivity contribution is 0.552. The van der Waals surface area contributed by atoms with Crippen LogP contribution in [0.25, 0.3) is 0 Å². The lowest BCUT2D eigenvalue weighted by Gasteiger charge is -2.10. The molecule has 0 heterocycles. The minimum Gasteiger partial charge on any atom is -0.366 e. The zero-order chi connectivity index (χ0) is 16.1. The van der Waals surface area contributed by atoms with Crippen molar-refractivity contribution in [2.75, 3.05) is 13.6 Å². The van der Waals surface area contributed by atoms with E-state index in [2.05, 4.69) is 24.0 Å². The SMILES string of the molecule is CCN(C)C=Nc1cc(F)c(Cc2ccc(C)cc2)cc1C. The van der Waals surface area contributed by atoms with E-state index in [-0.39, 0.29) is 5.82 Å². The molecule has 116 valence electrons. The van der Waals surface area contributed by atoms with Crippen LogP contribution in [0.2, 0.25) is 0 Å². The third kappa shape index (κ3) is 4.17. The Kier molecular flexibility index (Phi) is 5.31. The van der Waals surface area contributed by atoms with E-state index in [1.54, 1.807) is 6.34 Å². The van der Waals surface area contributed by atoms with Crippen molar-refractivity contribution in [3.05, 3.63) is 64.5 Å². The number of hydrogen-bond acceptors (Lipinski definition) is 1. The highest BCUT2D eigenvalue weighted by Gasteiger charge is 2.08. The summed E-state index contributed by atoms with van der Waals surface area (Å²) in [5, 5.41) is 0. The van der Waals surface area contributed by atoms with E-state index in [1.807, 2.05) is 44.0 Å². The highest BCUT2D eigenvalue weighted by molar-refractivity contribution is 5.63. The molecule has 0 amide bonds. The van der Waals surface area contributed by atoms with Crippen LogP contribution in [0.3, 0.4) is 0 Å². The fourth-order valence-electron chi connectivity index (χ4n) is 2.17. The zero-order valence-electron chi connectivity index (χ0n) is 13.7. The van der Waals surface area contributed by atoms with Crippen LogP contribution in [0, 0.1) is 19.7 Å². The maximum absolute atomic E-state index is 14.3. The Morgan fingerprint density at radius 3 is 2.45 bits per heavy atom. The Morgan fingerprint density at radius 1 is 1.14 bits per heavy atom. The van der Waals surface area contributed by atoms with E-state index in [1.165, 1.54) is 11.6 Å². The molecule has 0 atom stereocenters. The highest BCUT2D eigenvalue weighted by Crippen LogP contribution is 2.24. The van der Waals surface area contributed by atoms with E-state index in [0.717, 1.165) is 17.7 Å². The van der Waals surface area contributed by atoms with Gasteiger partial charge in [0.05, 0.1) is 12.0 Å². The number of benzene rings is 2. The molecule has 2 aromatic carbocycles. The first kappa shape index (κ1) is 16.2. The normalized spacial score (nSPS) is 11.1. The van der Waals surface area contributed by atoms with E-state index in [4.69, 9.17) is 0 Å². The predicted molar refractivity (Wildman–Crippen MR) is 91.6 cm³/mol. The smallest absolute Gasteiger partial charge is 0.128 e. The number of aliphatic imine (C=N–C) groups is 1. The van der Waals surface area contributed by atoms with Gasteiger partial charge >= 0.3 is 0 Å². The molecular formula is C19H23FN2. The first-order valence-corrected chi connectivity index (χ1v) is 7.58. The van der Waals surface area contributed by atoms with Crippen molar-refractivity contribution in [3.63, 3.8) is 0 Å². The van der Waals surface area contributed by atoms with Crippen molar-refractivity contribution in [1.82, 2.24) is 4.90 Å². The van der Waals surface area contributed by atoms with Crippen molar-refractivity contribution in [3.8, 4) is 0 Å². The number of hydrogen-bond donors (Lipinski definition) is 0. The molecule has 22 heavy (non-hydrogen) atoms. The quantitative estimate of drug-likeness (QED) is 0.580. The number of halogens is 1. The van der Waals surface area contributed by atoms with Gasteiger partial charge in [0.1, 0.15) is 5.82 Å². The molecule has 2 aromatic rings. The van der Waals surface area contributed by atoms with E-state index in [9.17, 15) is 4.39 Å². The van der Waals surface area contributed by atoms with Crippen LogP contribution in [-0.2, 0) is 6.42 Å². The predicted octanol–water partition coefficient (Wildman–Crippen LogP) is 4.64. The highest BCUT2D eigenvalue weighted by atomic mass is 19.1. The molecule has 0 saturated heterocycles. The number of nitrogens with zero attached hydrogens (tertiary/aromatic N) is 2. The summed E-state index contributed by atoms with van der Waals surface area (Å²) in [7, 11) is 1.95. The summed E-state index contributed by atoms with van der Waals surface area (Å²) in [6.45, 7) is 6.94. The van der Waals surface area contributed by atoms with E-state index in [0.29, 0.717) is 17.7 Å². The lowest BCUT2D eigenvalue weighted by Crippen LogP contribution is -2.14. The van der Waals surface area contributed by atoms with Gasteiger partial charge in [-0.2, -0.15) is 0 Å². The van der Waals surface area contributed by atoms with Crippen LogP contribution in [0.1, 0.15) is 29.2 Å². The summed E-state index contributed by atoms with van der Waals surface area (Å²) in [6.07, 6.45) is 2.34. The Balaban J connectivity index is 2.22. The van der Waals surface area contributed by atoms with Crippen LogP contribution in [0.15, 0.2) is 41.4 Å². The van der Waals surface area contributed by atoms with Gasteiger partial charge in [-0.05, 0) is 37.5 Å². The Labute approximate surface area is 132 Å². The van der Waals surface area contributed by atoms with Crippen LogP contribution in [0.4, 0.5) is 10.1 Å². The molecule has 0 spiro atoms. The minimum atomic E-state index is -0.197. The molecule has 0 bridgehead atoms. The molecule has 0 N–H and O–H groups in total.